The van der Waals surface area contributed by atoms with Crippen molar-refractivity contribution < 1.29 is 9.84 Å². The third kappa shape index (κ3) is 1.80. The van der Waals surface area contributed by atoms with Crippen molar-refractivity contribution in [1.82, 2.24) is 0 Å². The molecular formula is C10H18O2. The van der Waals surface area contributed by atoms with Gasteiger partial charge >= 0.3 is 0 Å². The van der Waals surface area contributed by atoms with Gasteiger partial charge in [0, 0.05) is 13.2 Å². The average molecular weight is 170 g/mol. The number of ether oxygens (including phenoxy) is 1. The first-order chi connectivity index (χ1) is 5.86. The molecule has 1 aliphatic carbocycles. The van der Waals surface area contributed by atoms with E-state index in [0.717, 1.165) is 37.9 Å². The molecule has 12 heavy (non-hydrogen) atoms. The average Bonchev–Trinajstić information content (AvgIpc) is 2.54. The normalized spacial score (nSPS) is 38.8. The smallest absolute Gasteiger partial charge is 0.0543 e. The highest BCUT2D eigenvalue weighted by Gasteiger charge is 2.30. The van der Waals surface area contributed by atoms with Crippen molar-refractivity contribution in [3.63, 3.8) is 0 Å². The fourth-order valence-corrected chi connectivity index (χ4v) is 2.61. The van der Waals surface area contributed by atoms with Gasteiger partial charge in [-0.25, -0.2) is 0 Å². The Hall–Kier alpha value is -0.0800. The van der Waals surface area contributed by atoms with Gasteiger partial charge in [0.1, 0.15) is 0 Å². The van der Waals surface area contributed by atoms with Crippen molar-refractivity contribution in [2.24, 2.45) is 11.8 Å². The predicted octanol–water partition coefficient (Wildman–Crippen LogP) is 1.57. The van der Waals surface area contributed by atoms with E-state index in [1.807, 2.05) is 0 Å². The van der Waals surface area contributed by atoms with Crippen LogP contribution in [0.5, 0.6) is 0 Å². The van der Waals surface area contributed by atoms with E-state index in [1.54, 1.807) is 0 Å². The van der Waals surface area contributed by atoms with Crippen LogP contribution in [0.3, 0.4) is 0 Å². The second kappa shape index (κ2) is 3.75. The van der Waals surface area contributed by atoms with Crippen LogP contribution in [0, 0.1) is 11.8 Å². The third-order valence-corrected chi connectivity index (χ3v) is 3.38. The summed E-state index contributed by atoms with van der Waals surface area (Å²) in [6.45, 7) is 1.88. The summed E-state index contributed by atoms with van der Waals surface area (Å²) >= 11 is 0. The van der Waals surface area contributed by atoms with Crippen LogP contribution in [0.4, 0.5) is 0 Å². The van der Waals surface area contributed by atoms with Crippen LogP contribution < -0.4 is 0 Å². The molecule has 0 aromatic rings. The SMILES string of the molecule is OC1CCC(C2CCOCC2)C1. The Morgan fingerprint density at radius 3 is 2.25 bits per heavy atom. The molecule has 2 atom stereocenters. The van der Waals surface area contributed by atoms with Gasteiger partial charge in [0.05, 0.1) is 6.10 Å². The summed E-state index contributed by atoms with van der Waals surface area (Å²) in [5.74, 6) is 1.64. The van der Waals surface area contributed by atoms with Crippen molar-refractivity contribution in [3.05, 3.63) is 0 Å². The summed E-state index contributed by atoms with van der Waals surface area (Å²) in [5.41, 5.74) is 0. The van der Waals surface area contributed by atoms with Gasteiger partial charge < -0.3 is 9.84 Å². The minimum absolute atomic E-state index is 0.00200. The van der Waals surface area contributed by atoms with E-state index in [-0.39, 0.29) is 6.10 Å². The van der Waals surface area contributed by atoms with E-state index in [1.165, 1.54) is 19.3 Å². The highest BCUT2D eigenvalue weighted by atomic mass is 16.5. The molecule has 2 aliphatic rings. The van der Waals surface area contributed by atoms with Crippen LogP contribution >= 0.6 is 0 Å². The van der Waals surface area contributed by atoms with Gasteiger partial charge in [0.25, 0.3) is 0 Å². The molecular weight excluding hydrogens is 152 g/mol. The van der Waals surface area contributed by atoms with Crippen LogP contribution in [0.1, 0.15) is 32.1 Å². The van der Waals surface area contributed by atoms with Crippen molar-refractivity contribution in [3.8, 4) is 0 Å². The second-order valence-corrected chi connectivity index (χ2v) is 4.18. The molecule has 1 saturated heterocycles. The zero-order chi connectivity index (χ0) is 8.39. The van der Waals surface area contributed by atoms with Gasteiger partial charge in [-0.3, -0.25) is 0 Å². The van der Waals surface area contributed by atoms with Gasteiger partial charge in [0.2, 0.25) is 0 Å². The third-order valence-electron chi connectivity index (χ3n) is 3.38. The molecule has 2 nitrogen and oxygen atoms in total. The van der Waals surface area contributed by atoms with E-state index in [4.69, 9.17) is 4.74 Å². The molecule has 2 heteroatoms. The Morgan fingerprint density at radius 2 is 1.67 bits per heavy atom. The first kappa shape index (κ1) is 8.52. The molecule has 0 spiro atoms. The topological polar surface area (TPSA) is 29.5 Å². The van der Waals surface area contributed by atoms with E-state index in [2.05, 4.69) is 0 Å². The lowest BCUT2D eigenvalue weighted by Gasteiger charge is -2.27. The van der Waals surface area contributed by atoms with E-state index in [9.17, 15) is 5.11 Å². The first-order valence-corrected chi connectivity index (χ1v) is 5.12. The molecule has 70 valence electrons. The van der Waals surface area contributed by atoms with Crippen LogP contribution in [0.2, 0.25) is 0 Å². The Labute approximate surface area is 73.9 Å². The maximum absolute atomic E-state index is 9.40. The van der Waals surface area contributed by atoms with Crippen molar-refractivity contribution in [1.29, 1.82) is 0 Å². The van der Waals surface area contributed by atoms with Crippen LogP contribution in [-0.2, 0) is 4.74 Å². The lowest BCUT2D eigenvalue weighted by Crippen LogP contribution is -2.22. The lowest BCUT2D eigenvalue weighted by atomic mass is 9.85. The van der Waals surface area contributed by atoms with Crippen molar-refractivity contribution in [2.45, 2.75) is 38.2 Å². The molecule has 2 unspecified atom stereocenters. The summed E-state index contributed by atoms with van der Waals surface area (Å²) in [4.78, 5) is 0. The summed E-state index contributed by atoms with van der Waals surface area (Å²) in [6.07, 6.45) is 5.76. The maximum atomic E-state index is 9.40. The van der Waals surface area contributed by atoms with Crippen molar-refractivity contribution in [2.75, 3.05) is 13.2 Å². The minimum Gasteiger partial charge on any atom is -0.393 e. The highest BCUT2D eigenvalue weighted by Crippen LogP contribution is 2.36. The standard InChI is InChI=1S/C10H18O2/c11-10-2-1-9(7-10)8-3-5-12-6-4-8/h8-11H,1-7H2. The summed E-state index contributed by atoms with van der Waals surface area (Å²) < 4.78 is 5.32. The van der Waals surface area contributed by atoms with Crippen molar-refractivity contribution >= 4 is 0 Å². The van der Waals surface area contributed by atoms with Gasteiger partial charge in [-0.05, 0) is 43.9 Å². The number of rotatable bonds is 1. The molecule has 0 aromatic heterocycles. The second-order valence-electron chi connectivity index (χ2n) is 4.18. The summed E-state index contributed by atoms with van der Waals surface area (Å²) in [7, 11) is 0. The monoisotopic (exact) mass is 170 g/mol. The van der Waals surface area contributed by atoms with E-state index in [0.29, 0.717) is 0 Å². The molecule has 0 radical (unpaired) electrons. The quantitative estimate of drug-likeness (QED) is 0.647. The molecule has 0 amide bonds. The van der Waals surface area contributed by atoms with E-state index >= 15 is 0 Å². The molecule has 1 N–H and O–H groups in total. The highest BCUT2D eigenvalue weighted by molar-refractivity contribution is 4.81. The van der Waals surface area contributed by atoms with Crippen LogP contribution in [0.15, 0.2) is 0 Å². The molecule has 2 fully saturated rings. The number of hydrogen-bond acceptors (Lipinski definition) is 2. The first-order valence-electron chi connectivity index (χ1n) is 5.12. The fraction of sp³-hybridized carbons (Fsp3) is 1.00. The largest absolute Gasteiger partial charge is 0.393 e. The van der Waals surface area contributed by atoms with Crippen LogP contribution in [-0.4, -0.2) is 24.4 Å². The maximum Gasteiger partial charge on any atom is 0.0543 e. The zero-order valence-electron chi connectivity index (χ0n) is 7.54. The van der Waals surface area contributed by atoms with Gasteiger partial charge in [-0.15, -0.1) is 0 Å². The molecule has 0 aromatic carbocycles. The number of aliphatic hydroxyl groups excluding tert-OH is 1. The molecule has 1 aliphatic heterocycles. The number of aliphatic hydroxyl groups is 1. The van der Waals surface area contributed by atoms with Gasteiger partial charge in [-0.1, -0.05) is 0 Å². The molecule has 0 bridgehead atoms. The number of hydrogen-bond donors (Lipinski definition) is 1. The molecule has 1 heterocycles. The fourth-order valence-electron chi connectivity index (χ4n) is 2.61. The Morgan fingerprint density at radius 1 is 0.917 bits per heavy atom. The minimum atomic E-state index is -0.00200. The predicted molar refractivity (Wildman–Crippen MR) is 46.9 cm³/mol. The van der Waals surface area contributed by atoms with Gasteiger partial charge in [0.15, 0.2) is 0 Å². The summed E-state index contributed by atoms with van der Waals surface area (Å²) in [5, 5.41) is 9.40. The molecule has 1 saturated carbocycles. The Bertz CT molecular complexity index is 138. The molecule has 2 rings (SSSR count). The van der Waals surface area contributed by atoms with Gasteiger partial charge in [-0.2, -0.15) is 0 Å². The lowest BCUT2D eigenvalue weighted by molar-refractivity contribution is 0.0448. The zero-order valence-corrected chi connectivity index (χ0v) is 7.54. The Balaban J connectivity index is 1.83. The summed E-state index contributed by atoms with van der Waals surface area (Å²) in [6, 6.07) is 0. The van der Waals surface area contributed by atoms with Crippen LogP contribution in [0.25, 0.3) is 0 Å². The van der Waals surface area contributed by atoms with E-state index < -0.39 is 0 Å². The Kier molecular flexibility index (Phi) is 2.66.